The first-order chi connectivity index (χ1) is 13.7. The number of hydrogen-bond acceptors (Lipinski definition) is 4. The van der Waals surface area contributed by atoms with Crippen LogP contribution < -0.4 is 10.6 Å². The summed E-state index contributed by atoms with van der Waals surface area (Å²) in [4.78, 5) is 27.1. The second-order valence-electron chi connectivity index (χ2n) is 7.62. The number of amides is 2. The van der Waals surface area contributed by atoms with Gasteiger partial charge in [-0.3, -0.25) is 14.5 Å². The van der Waals surface area contributed by atoms with Crippen LogP contribution in [-0.2, 0) is 20.9 Å². The van der Waals surface area contributed by atoms with Crippen molar-refractivity contribution in [2.24, 2.45) is 0 Å². The predicted molar refractivity (Wildman–Crippen MR) is 108 cm³/mol. The van der Waals surface area contributed by atoms with Crippen molar-refractivity contribution < 1.29 is 14.3 Å². The average molecular weight is 384 g/mol. The van der Waals surface area contributed by atoms with Crippen LogP contribution in [0.4, 0.5) is 5.69 Å². The SMILES string of the molecule is CNC(=O)Cn1ccc2ccc(NC(=O)[C@@H]3CCCN3C3CCOCC3)cc21. The lowest BCUT2D eigenvalue weighted by molar-refractivity contribution is -0.122. The van der Waals surface area contributed by atoms with Gasteiger partial charge in [-0.15, -0.1) is 0 Å². The summed E-state index contributed by atoms with van der Waals surface area (Å²) >= 11 is 0. The van der Waals surface area contributed by atoms with E-state index in [1.54, 1.807) is 7.05 Å². The van der Waals surface area contributed by atoms with Gasteiger partial charge in [-0.25, -0.2) is 0 Å². The summed E-state index contributed by atoms with van der Waals surface area (Å²) in [7, 11) is 1.63. The van der Waals surface area contributed by atoms with Crippen molar-refractivity contribution in [3.63, 3.8) is 0 Å². The first kappa shape index (κ1) is 19.0. The van der Waals surface area contributed by atoms with Crippen molar-refractivity contribution in [1.29, 1.82) is 0 Å². The lowest BCUT2D eigenvalue weighted by Crippen LogP contribution is -2.47. The minimum absolute atomic E-state index is 0.0509. The van der Waals surface area contributed by atoms with Crippen molar-refractivity contribution in [3.8, 4) is 0 Å². The molecule has 2 N–H and O–H groups in total. The molecule has 2 aliphatic heterocycles. The topological polar surface area (TPSA) is 75.6 Å². The third-order valence-corrected chi connectivity index (χ3v) is 5.89. The Morgan fingerprint density at radius 2 is 2.00 bits per heavy atom. The van der Waals surface area contributed by atoms with Gasteiger partial charge in [0.2, 0.25) is 11.8 Å². The summed E-state index contributed by atoms with van der Waals surface area (Å²) in [5.41, 5.74) is 1.71. The molecule has 2 aliphatic rings. The number of likely N-dealkylation sites (N-methyl/N-ethyl adjacent to an activating group) is 1. The molecular formula is C21H28N4O3. The molecule has 0 aliphatic carbocycles. The third kappa shape index (κ3) is 3.91. The van der Waals surface area contributed by atoms with E-state index in [1.165, 1.54) is 0 Å². The molecule has 2 aromatic rings. The summed E-state index contributed by atoms with van der Waals surface area (Å²) in [6.07, 6.45) is 5.86. The van der Waals surface area contributed by atoms with E-state index in [4.69, 9.17) is 4.74 Å². The zero-order chi connectivity index (χ0) is 19.5. The average Bonchev–Trinajstić information content (AvgIpc) is 3.36. The molecule has 1 atom stereocenters. The van der Waals surface area contributed by atoms with Crippen LogP contribution in [0.15, 0.2) is 30.5 Å². The summed E-state index contributed by atoms with van der Waals surface area (Å²) in [5.74, 6) is 0.0118. The van der Waals surface area contributed by atoms with Gasteiger partial charge in [0.25, 0.3) is 0 Å². The van der Waals surface area contributed by atoms with E-state index in [0.29, 0.717) is 6.04 Å². The molecule has 0 spiro atoms. The molecule has 1 aromatic carbocycles. The zero-order valence-electron chi connectivity index (χ0n) is 16.3. The summed E-state index contributed by atoms with van der Waals surface area (Å²) < 4.78 is 7.37. The molecule has 0 unspecified atom stereocenters. The molecule has 3 heterocycles. The van der Waals surface area contributed by atoms with E-state index in [1.807, 2.05) is 35.0 Å². The maximum Gasteiger partial charge on any atom is 0.241 e. The van der Waals surface area contributed by atoms with Gasteiger partial charge in [0, 0.05) is 38.2 Å². The number of benzene rings is 1. The smallest absolute Gasteiger partial charge is 0.241 e. The highest BCUT2D eigenvalue weighted by Gasteiger charge is 2.35. The number of nitrogens with zero attached hydrogens (tertiary/aromatic N) is 2. The van der Waals surface area contributed by atoms with Gasteiger partial charge in [0.05, 0.1) is 11.6 Å². The van der Waals surface area contributed by atoms with Crippen LogP contribution in [0.2, 0.25) is 0 Å². The number of rotatable bonds is 5. The first-order valence-corrected chi connectivity index (χ1v) is 10.1. The minimum Gasteiger partial charge on any atom is -0.381 e. The van der Waals surface area contributed by atoms with Crippen LogP contribution in [0, 0.1) is 0 Å². The van der Waals surface area contributed by atoms with Crippen LogP contribution >= 0.6 is 0 Å². The first-order valence-electron chi connectivity index (χ1n) is 10.1. The quantitative estimate of drug-likeness (QED) is 0.827. The van der Waals surface area contributed by atoms with Gasteiger partial charge >= 0.3 is 0 Å². The molecule has 2 fully saturated rings. The molecule has 2 saturated heterocycles. The van der Waals surface area contributed by atoms with E-state index in [-0.39, 0.29) is 24.4 Å². The Kier molecular flexibility index (Phi) is 5.64. The highest BCUT2D eigenvalue weighted by atomic mass is 16.5. The second kappa shape index (κ2) is 8.32. The molecule has 0 radical (unpaired) electrons. The lowest BCUT2D eigenvalue weighted by Gasteiger charge is -2.34. The Balaban J connectivity index is 1.48. The minimum atomic E-state index is -0.0727. The Morgan fingerprint density at radius 1 is 1.18 bits per heavy atom. The molecule has 1 aromatic heterocycles. The van der Waals surface area contributed by atoms with E-state index < -0.39 is 0 Å². The van der Waals surface area contributed by atoms with Crippen molar-refractivity contribution in [3.05, 3.63) is 30.5 Å². The van der Waals surface area contributed by atoms with Crippen LogP contribution in [0.25, 0.3) is 10.9 Å². The second-order valence-corrected chi connectivity index (χ2v) is 7.62. The van der Waals surface area contributed by atoms with Crippen molar-refractivity contribution in [1.82, 2.24) is 14.8 Å². The number of hydrogen-bond donors (Lipinski definition) is 2. The monoisotopic (exact) mass is 384 g/mol. The molecule has 28 heavy (non-hydrogen) atoms. The maximum atomic E-state index is 13.0. The molecular weight excluding hydrogens is 356 g/mol. The van der Waals surface area contributed by atoms with Gasteiger partial charge in [-0.1, -0.05) is 6.07 Å². The van der Waals surface area contributed by atoms with Crippen LogP contribution in [0.1, 0.15) is 25.7 Å². The zero-order valence-corrected chi connectivity index (χ0v) is 16.3. The van der Waals surface area contributed by atoms with E-state index in [9.17, 15) is 9.59 Å². The number of fused-ring (bicyclic) bond motifs is 1. The fourth-order valence-corrected chi connectivity index (χ4v) is 4.38. The standard InChI is InChI=1S/C21H28N4O3/c1-22-20(26)14-24-10-6-15-4-5-16(13-19(15)24)23-21(27)18-3-2-9-25(18)17-7-11-28-12-8-17/h4-6,10,13,17-18H,2-3,7-9,11-12,14H2,1H3,(H,22,26)(H,23,27)/t18-/m0/s1. The molecule has 150 valence electrons. The van der Waals surface area contributed by atoms with Gasteiger partial charge in [0.1, 0.15) is 6.54 Å². The van der Waals surface area contributed by atoms with Crippen molar-refractivity contribution in [2.45, 2.75) is 44.3 Å². The van der Waals surface area contributed by atoms with Gasteiger partial charge in [-0.05, 0) is 55.8 Å². The lowest BCUT2D eigenvalue weighted by atomic mass is 10.1. The highest BCUT2D eigenvalue weighted by Crippen LogP contribution is 2.27. The van der Waals surface area contributed by atoms with E-state index >= 15 is 0 Å². The molecule has 0 bridgehead atoms. The number of nitrogens with one attached hydrogen (secondary N) is 2. The summed E-state index contributed by atoms with van der Waals surface area (Å²) in [6.45, 7) is 2.82. The normalized spacial score (nSPS) is 21.1. The Labute approximate surface area is 165 Å². The third-order valence-electron chi connectivity index (χ3n) is 5.89. The van der Waals surface area contributed by atoms with Crippen LogP contribution in [0.5, 0.6) is 0 Å². The predicted octanol–water partition coefficient (Wildman–Crippen LogP) is 1.97. The molecule has 4 rings (SSSR count). The Hall–Kier alpha value is -2.38. The largest absolute Gasteiger partial charge is 0.381 e. The molecule has 0 saturated carbocycles. The van der Waals surface area contributed by atoms with Crippen LogP contribution in [0.3, 0.4) is 0 Å². The van der Waals surface area contributed by atoms with Crippen molar-refractivity contribution >= 4 is 28.4 Å². The summed E-state index contributed by atoms with van der Waals surface area (Å²) in [6, 6.07) is 8.21. The van der Waals surface area contributed by atoms with Crippen molar-refractivity contribution in [2.75, 3.05) is 32.1 Å². The number of carbonyl (C=O) groups excluding carboxylic acids is 2. The molecule has 7 heteroatoms. The van der Waals surface area contributed by atoms with Gasteiger partial charge in [-0.2, -0.15) is 0 Å². The number of ether oxygens (including phenoxy) is 1. The van der Waals surface area contributed by atoms with E-state index in [2.05, 4.69) is 15.5 Å². The fraction of sp³-hybridized carbons (Fsp3) is 0.524. The van der Waals surface area contributed by atoms with Gasteiger partial charge in [0.15, 0.2) is 0 Å². The molecule has 2 amide bonds. The number of aromatic nitrogens is 1. The molecule has 7 nitrogen and oxygen atoms in total. The Morgan fingerprint density at radius 3 is 2.79 bits per heavy atom. The maximum absolute atomic E-state index is 13.0. The fourth-order valence-electron chi connectivity index (χ4n) is 4.38. The number of anilines is 1. The summed E-state index contributed by atoms with van der Waals surface area (Å²) in [5, 5.41) is 6.80. The van der Waals surface area contributed by atoms with E-state index in [0.717, 1.165) is 62.0 Å². The highest BCUT2D eigenvalue weighted by molar-refractivity contribution is 5.97. The van der Waals surface area contributed by atoms with Crippen LogP contribution in [-0.4, -0.2) is 60.2 Å². The number of likely N-dealkylation sites (tertiary alicyclic amines) is 1. The number of carbonyl (C=O) groups is 2. The van der Waals surface area contributed by atoms with Gasteiger partial charge < -0.3 is 19.9 Å². The Bertz CT molecular complexity index is 856.